The van der Waals surface area contributed by atoms with E-state index in [1.807, 2.05) is 19.9 Å². The van der Waals surface area contributed by atoms with Gasteiger partial charge in [-0.25, -0.2) is 0 Å². The second-order valence-corrected chi connectivity index (χ2v) is 11.9. The number of ketones is 2. The lowest BCUT2D eigenvalue weighted by Crippen LogP contribution is -2.51. The van der Waals surface area contributed by atoms with Crippen molar-refractivity contribution < 1.29 is 19.8 Å². The minimum atomic E-state index is -0.402. The third kappa shape index (κ3) is 3.76. The normalized spacial score (nSPS) is 44.0. The number of allylic oxidation sites excluding steroid dienone is 1. The van der Waals surface area contributed by atoms with Gasteiger partial charge in [-0.05, 0) is 91.4 Å². The maximum Gasteiger partial charge on any atom is 0.155 e. The zero-order chi connectivity index (χ0) is 22.6. The number of Topliss-reactive ketones (excluding diaryl/α,β-unsaturated/α-hetero) is 1. The Bertz CT molecular complexity index is 756. The van der Waals surface area contributed by atoms with Gasteiger partial charge in [0, 0.05) is 25.4 Å². The molecule has 0 radical (unpaired) electrons. The van der Waals surface area contributed by atoms with Crippen molar-refractivity contribution in [3.63, 3.8) is 0 Å². The molecule has 0 bridgehead atoms. The average Bonchev–Trinajstić information content (AvgIpc) is 3.01. The van der Waals surface area contributed by atoms with E-state index in [1.165, 1.54) is 5.57 Å². The molecule has 0 amide bonds. The van der Waals surface area contributed by atoms with E-state index in [9.17, 15) is 19.8 Å². The van der Waals surface area contributed by atoms with Crippen LogP contribution in [0.25, 0.3) is 0 Å². The number of hydrogen-bond donors (Lipinski definition) is 2. The smallest absolute Gasteiger partial charge is 0.155 e. The molecule has 4 nitrogen and oxygen atoms in total. The first-order chi connectivity index (χ1) is 14.6. The first-order valence-electron chi connectivity index (χ1n) is 12.7. The van der Waals surface area contributed by atoms with Crippen LogP contribution in [0.4, 0.5) is 0 Å². The summed E-state index contributed by atoms with van der Waals surface area (Å²) in [4.78, 5) is 25.1. The summed E-state index contributed by atoms with van der Waals surface area (Å²) < 4.78 is 0. The average molecular weight is 431 g/mol. The van der Waals surface area contributed by atoms with Gasteiger partial charge >= 0.3 is 0 Å². The summed E-state index contributed by atoms with van der Waals surface area (Å²) in [5.74, 6) is 2.25. The van der Waals surface area contributed by atoms with E-state index in [1.54, 1.807) is 0 Å². The van der Waals surface area contributed by atoms with Crippen LogP contribution >= 0.6 is 0 Å². The molecule has 2 N–H and O–H groups in total. The lowest BCUT2D eigenvalue weighted by molar-refractivity contribution is -0.130. The second-order valence-electron chi connectivity index (χ2n) is 11.9. The van der Waals surface area contributed by atoms with Crippen LogP contribution in [0.1, 0.15) is 85.5 Å². The van der Waals surface area contributed by atoms with Crippen LogP contribution in [0.15, 0.2) is 11.6 Å². The first kappa shape index (κ1) is 23.2. The molecule has 0 spiro atoms. The third-order valence-electron chi connectivity index (χ3n) is 10.3. The number of rotatable bonds is 6. The molecule has 0 saturated heterocycles. The van der Waals surface area contributed by atoms with Crippen LogP contribution in [-0.2, 0) is 9.59 Å². The van der Waals surface area contributed by atoms with Crippen molar-refractivity contribution in [1.82, 2.24) is 0 Å². The fourth-order valence-electron chi connectivity index (χ4n) is 8.42. The van der Waals surface area contributed by atoms with Crippen LogP contribution in [0.2, 0.25) is 0 Å². The molecule has 4 aliphatic carbocycles. The minimum Gasteiger partial charge on any atom is -0.396 e. The monoisotopic (exact) mass is 430 g/mol. The Morgan fingerprint density at radius 2 is 1.90 bits per heavy atom. The third-order valence-corrected chi connectivity index (χ3v) is 10.3. The van der Waals surface area contributed by atoms with Crippen LogP contribution in [0.3, 0.4) is 0 Å². The van der Waals surface area contributed by atoms with Gasteiger partial charge in [0.1, 0.15) is 5.78 Å². The summed E-state index contributed by atoms with van der Waals surface area (Å²) in [5, 5.41) is 20.5. The lowest BCUT2D eigenvalue weighted by Gasteiger charge is -2.58. The van der Waals surface area contributed by atoms with Gasteiger partial charge in [-0.3, -0.25) is 9.59 Å². The van der Waals surface area contributed by atoms with Crippen LogP contribution in [0.5, 0.6) is 0 Å². The standard InChI is InChI=1S/C27H42O4/c1-16(15-28)5-8-23(30)17(2)25-24(31)14-22-20-7-6-18-13-19(29)9-11-26(18,3)21(20)10-12-27(22,25)4/h13,16-17,20-22,24-25,28,31H,5-12,14-15H2,1-4H3/t16-,17+,20+,21-,22-,24+,25-,26-,27-/m0/s1. The molecule has 0 heterocycles. The zero-order valence-corrected chi connectivity index (χ0v) is 19.9. The molecule has 4 rings (SSSR count). The molecule has 0 aromatic heterocycles. The van der Waals surface area contributed by atoms with E-state index in [0.29, 0.717) is 36.4 Å². The second kappa shape index (κ2) is 8.41. The van der Waals surface area contributed by atoms with Gasteiger partial charge in [-0.15, -0.1) is 0 Å². The van der Waals surface area contributed by atoms with Gasteiger partial charge in [0.05, 0.1) is 6.10 Å². The molecular formula is C27H42O4. The van der Waals surface area contributed by atoms with Crippen molar-refractivity contribution in [2.45, 2.75) is 91.6 Å². The quantitative estimate of drug-likeness (QED) is 0.639. The number of aliphatic hydroxyl groups excluding tert-OH is 2. The Balaban J connectivity index is 1.54. The number of aliphatic hydroxyl groups is 2. The summed E-state index contributed by atoms with van der Waals surface area (Å²) in [6.07, 6.45) is 9.60. The maximum absolute atomic E-state index is 13.0. The number of fused-ring (bicyclic) bond motifs is 5. The van der Waals surface area contributed by atoms with Crippen molar-refractivity contribution >= 4 is 11.6 Å². The van der Waals surface area contributed by atoms with E-state index >= 15 is 0 Å². The summed E-state index contributed by atoms with van der Waals surface area (Å²) in [6, 6.07) is 0. The molecule has 3 saturated carbocycles. The van der Waals surface area contributed by atoms with E-state index < -0.39 is 6.10 Å². The SMILES string of the molecule is C[C@H](CO)CCC(=O)[C@@H](C)[C@H]1[C@H](O)C[C@H]2[C@@H]3CCC4=CC(=O)CC[C@]4(C)[C@H]3CC[C@]12C. The number of carbonyl (C=O) groups is 2. The summed E-state index contributed by atoms with van der Waals surface area (Å²) >= 11 is 0. The van der Waals surface area contributed by atoms with Gasteiger partial charge < -0.3 is 10.2 Å². The molecule has 31 heavy (non-hydrogen) atoms. The van der Waals surface area contributed by atoms with Gasteiger partial charge in [0.2, 0.25) is 0 Å². The Kier molecular flexibility index (Phi) is 6.28. The Morgan fingerprint density at radius 3 is 2.61 bits per heavy atom. The predicted octanol–water partition coefficient (Wildman–Crippen LogP) is 4.72. The molecule has 9 atom stereocenters. The highest BCUT2D eigenvalue weighted by Gasteiger charge is 2.62. The Morgan fingerprint density at radius 1 is 1.16 bits per heavy atom. The molecule has 0 aromatic rings. The number of carbonyl (C=O) groups excluding carboxylic acids is 2. The lowest BCUT2D eigenvalue weighted by atomic mass is 9.46. The zero-order valence-electron chi connectivity index (χ0n) is 19.9. The molecule has 0 aromatic carbocycles. The van der Waals surface area contributed by atoms with Gasteiger partial charge in [0.15, 0.2) is 5.78 Å². The van der Waals surface area contributed by atoms with Crippen molar-refractivity contribution in [2.75, 3.05) is 6.61 Å². The van der Waals surface area contributed by atoms with Gasteiger partial charge in [-0.1, -0.05) is 33.3 Å². The van der Waals surface area contributed by atoms with Crippen molar-refractivity contribution in [2.24, 2.45) is 46.3 Å². The molecule has 174 valence electrons. The van der Waals surface area contributed by atoms with E-state index in [0.717, 1.165) is 44.9 Å². The number of hydrogen-bond acceptors (Lipinski definition) is 4. The summed E-state index contributed by atoms with van der Waals surface area (Å²) in [5.41, 5.74) is 1.54. The van der Waals surface area contributed by atoms with Crippen LogP contribution in [0, 0.1) is 46.3 Å². The topological polar surface area (TPSA) is 74.6 Å². The molecule has 0 aliphatic heterocycles. The van der Waals surface area contributed by atoms with Crippen LogP contribution < -0.4 is 0 Å². The van der Waals surface area contributed by atoms with E-state index in [2.05, 4.69) is 13.8 Å². The fraction of sp³-hybridized carbons (Fsp3) is 0.852. The Hall–Kier alpha value is -1.00. The van der Waals surface area contributed by atoms with E-state index in [4.69, 9.17) is 0 Å². The van der Waals surface area contributed by atoms with Crippen molar-refractivity contribution in [1.29, 1.82) is 0 Å². The van der Waals surface area contributed by atoms with Crippen molar-refractivity contribution in [3.8, 4) is 0 Å². The minimum absolute atomic E-state index is 0.0142. The maximum atomic E-state index is 13.0. The van der Waals surface area contributed by atoms with Crippen LogP contribution in [-0.4, -0.2) is 34.5 Å². The Labute approximate surface area is 187 Å². The fourth-order valence-corrected chi connectivity index (χ4v) is 8.42. The highest BCUT2D eigenvalue weighted by Crippen LogP contribution is 2.67. The molecular weight excluding hydrogens is 388 g/mol. The van der Waals surface area contributed by atoms with Crippen molar-refractivity contribution in [3.05, 3.63) is 11.6 Å². The highest BCUT2D eigenvalue weighted by molar-refractivity contribution is 5.91. The largest absolute Gasteiger partial charge is 0.396 e. The summed E-state index contributed by atoms with van der Waals surface area (Å²) in [6.45, 7) is 8.88. The summed E-state index contributed by atoms with van der Waals surface area (Å²) in [7, 11) is 0. The predicted molar refractivity (Wildman–Crippen MR) is 121 cm³/mol. The van der Waals surface area contributed by atoms with Gasteiger partial charge in [0.25, 0.3) is 0 Å². The molecule has 4 aliphatic rings. The molecule has 4 heteroatoms. The van der Waals surface area contributed by atoms with E-state index in [-0.39, 0.29) is 41.0 Å². The first-order valence-corrected chi connectivity index (χ1v) is 12.7. The molecule has 3 fully saturated rings. The molecule has 0 unspecified atom stereocenters. The van der Waals surface area contributed by atoms with Gasteiger partial charge in [-0.2, -0.15) is 0 Å². The highest BCUT2D eigenvalue weighted by atomic mass is 16.3.